The number of piperidine rings is 1. The summed E-state index contributed by atoms with van der Waals surface area (Å²) in [5, 5.41) is 8.97. The molecular formula is C17H23NO4. The first-order chi connectivity index (χ1) is 10.6. The van der Waals surface area contributed by atoms with Crippen molar-refractivity contribution in [3.63, 3.8) is 0 Å². The number of carboxylic acid groups (broad SMARTS) is 1. The molecule has 0 aromatic heterocycles. The predicted octanol–water partition coefficient (Wildman–Crippen LogP) is 2.45. The van der Waals surface area contributed by atoms with Gasteiger partial charge < -0.3 is 14.7 Å². The summed E-state index contributed by atoms with van der Waals surface area (Å²) in [5.41, 5.74) is 0.684. The summed E-state index contributed by atoms with van der Waals surface area (Å²) in [4.78, 5) is 25.3. The molecule has 0 radical (unpaired) electrons. The fourth-order valence-electron chi connectivity index (χ4n) is 2.81. The van der Waals surface area contributed by atoms with Gasteiger partial charge in [-0.25, -0.2) is 0 Å². The van der Waals surface area contributed by atoms with Crippen LogP contribution >= 0.6 is 0 Å². The zero-order valence-electron chi connectivity index (χ0n) is 13.0. The molecule has 120 valence electrons. The Labute approximate surface area is 130 Å². The van der Waals surface area contributed by atoms with E-state index in [4.69, 9.17) is 9.84 Å². The van der Waals surface area contributed by atoms with Gasteiger partial charge in [-0.15, -0.1) is 0 Å². The number of nitrogens with zero attached hydrogens (tertiary/aromatic N) is 1. The van der Waals surface area contributed by atoms with Gasteiger partial charge in [-0.1, -0.05) is 12.1 Å². The average molecular weight is 305 g/mol. The van der Waals surface area contributed by atoms with Gasteiger partial charge in [0, 0.05) is 12.0 Å². The summed E-state index contributed by atoms with van der Waals surface area (Å²) in [6, 6.07) is 7.22. The number of carbonyl (C=O) groups is 2. The van der Waals surface area contributed by atoms with Crippen molar-refractivity contribution in [3.05, 3.63) is 29.8 Å². The molecule has 1 saturated heterocycles. The van der Waals surface area contributed by atoms with Gasteiger partial charge in [0.2, 0.25) is 0 Å². The lowest BCUT2D eigenvalue weighted by molar-refractivity contribution is -0.143. The van der Waals surface area contributed by atoms with Crippen LogP contribution in [0, 0.1) is 5.92 Å². The Hall–Kier alpha value is -1.88. The van der Waals surface area contributed by atoms with Crippen molar-refractivity contribution < 1.29 is 19.4 Å². The van der Waals surface area contributed by atoms with Crippen molar-refractivity contribution in [3.8, 4) is 5.75 Å². The summed E-state index contributed by atoms with van der Waals surface area (Å²) in [5.74, 6) is -0.0663. The summed E-state index contributed by atoms with van der Waals surface area (Å²) >= 11 is 0. The summed E-state index contributed by atoms with van der Waals surface area (Å²) in [6.45, 7) is 2.47. The molecule has 0 spiro atoms. The van der Waals surface area contributed by atoms with E-state index in [1.54, 1.807) is 13.2 Å². The Morgan fingerprint density at radius 2 is 2.05 bits per heavy atom. The zero-order chi connectivity index (χ0) is 15.9. The van der Waals surface area contributed by atoms with Crippen LogP contribution in [0.2, 0.25) is 0 Å². The Morgan fingerprint density at radius 3 is 2.68 bits per heavy atom. The highest BCUT2D eigenvalue weighted by Gasteiger charge is 2.24. The molecule has 5 nitrogen and oxygen atoms in total. The predicted molar refractivity (Wildman–Crippen MR) is 83.4 cm³/mol. The zero-order valence-corrected chi connectivity index (χ0v) is 13.0. The van der Waals surface area contributed by atoms with Gasteiger partial charge in [-0.3, -0.25) is 9.59 Å². The van der Waals surface area contributed by atoms with Crippen LogP contribution in [0.3, 0.4) is 0 Å². The monoisotopic (exact) mass is 305 g/mol. The van der Waals surface area contributed by atoms with Crippen LogP contribution in [0.15, 0.2) is 24.3 Å². The summed E-state index contributed by atoms with van der Waals surface area (Å²) in [7, 11) is 1.59. The molecule has 0 amide bonds. The molecule has 1 aliphatic heterocycles. The minimum Gasteiger partial charge on any atom is -0.497 e. The molecule has 1 aromatic rings. The molecule has 1 aliphatic rings. The first kappa shape index (κ1) is 16.5. The highest BCUT2D eigenvalue weighted by atomic mass is 16.5. The summed E-state index contributed by atoms with van der Waals surface area (Å²) < 4.78 is 5.13. The van der Waals surface area contributed by atoms with Gasteiger partial charge in [0.1, 0.15) is 5.75 Å². The number of likely N-dealkylation sites (tertiary alicyclic amines) is 1. The number of hydrogen-bond donors (Lipinski definition) is 1. The molecule has 1 aromatic carbocycles. The molecule has 1 fully saturated rings. The van der Waals surface area contributed by atoms with E-state index in [2.05, 4.69) is 4.90 Å². The molecule has 5 heteroatoms. The van der Waals surface area contributed by atoms with Crippen LogP contribution in [0.5, 0.6) is 5.75 Å². The minimum absolute atomic E-state index is 0.124. The Balaban J connectivity index is 1.72. The van der Waals surface area contributed by atoms with Crippen LogP contribution in [0.4, 0.5) is 0 Å². The fraction of sp³-hybridized carbons (Fsp3) is 0.529. The van der Waals surface area contributed by atoms with Crippen molar-refractivity contribution in [2.24, 2.45) is 5.92 Å². The van der Waals surface area contributed by atoms with E-state index in [0.29, 0.717) is 30.6 Å². The number of rotatable bonds is 7. The van der Waals surface area contributed by atoms with Gasteiger partial charge in [0.05, 0.1) is 13.0 Å². The highest BCUT2D eigenvalue weighted by molar-refractivity contribution is 5.96. The smallest absolute Gasteiger partial charge is 0.306 e. The largest absolute Gasteiger partial charge is 0.497 e. The second-order valence-electron chi connectivity index (χ2n) is 5.71. The lowest BCUT2D eigenvalue weighted by atomic mass is 9.97. The number of aliphatic carboxylic acids is 1. The lowest BCUT2D eigenvalue weighted by Gasteiger charge is -2.29. The fourth-order valence-corrected chi connectivity index (χ4v) is 2.81. The van der Waals surface area contributed by atoms with Gasteiger partial charge in [0.15, 0.2) is 5.78 Å². The number of ketones is 1. The van der Waals surface area contributed by atoms with Crippen molar-refractivity contribution >= 4 is 11.8 Å². The van der Waals surface area contributed by atoms with Gasteiger partial charge in [-0.05, 0) is 51.0 Å². The Kier molecular flexibility index (Phi) is 5.95. The summed E-state index contributed by atoms with van der Waals surface area (Å²) in [6.07, 6.45) is 2.72. The van der Waals surface area contributed by atoms with E-state index in [1.807, 2.05) is 18.2 Å². The van der Waals surface area contributed by atoms with Gasteiger partial charge in [-0.2, -0.15) is 0 Å². The van der Waals surface area contributed by atoms with Crippen molar-refractivity contribution in [1.82, 2.24) is 4.90 Å². The number of carbonyl (C=O) groups excluding carboxylic acids is 1. The number of methoxy groups -OCH3 is 1. The third-order valence-electron chi connectivity index (χ3n) is 4.21. The third kappa shape index (κ3) is 4.56. The number of ether oxygens (including phenoxy) is 1. The maximum atomic E-state index is 12.1. The van der Waals surface area contributed by atoms with E-state index in [-0.39, 0.29) is 11.7 Å². The van der Waals surface area contributed by atoms with Crippen LogP contribution in [0.25, 0.3) is 0 Å². The average Bonchev–Trinajstić information content (AvgIpc) is 2.55. The SMILES string of the molecule is COc1cccc(C(=O)CCCN2CCC(C(=O)O)CC2)c1. The number of hydrogen-bond acceptors (Lipinski definition) is 4. The minimum atomic E-state index is -0.687. The number of benzene rings is 1. The molecule has 0 atom stereocenters. The van der Waals surface area contributed by atoms with Gasteiger partial charge in [0.25, 0.3) is 0 Å². The Morgan fingerprint density at radius 1 is 1.32 bits per heavy atom. The molecule has 0 bridgehead atoms. The van der Waals surface area contributed by atoms with Crippen LogP contribution < -0.4 is 4.74 Å². The normalized spacial score (nSPS) is 16.4. The second-order valence-corrected chi connectivity index (χ2v) is 5.71. The quantitative estimate of drug-likeness (QED) is 0.784. The maximum Gasteiger partial charge on any atom is 0.306 e. The van der Waals surface area contributed by atoms with Crippen LogP contribution in [-0.2, 0) is 4.79 Å². The standard InChI is InChI=1S/C17H23NO4/c1-22-15-5-2-4-14(12-15)16(19)6-3-9-18-10-7-13(8-11-18)17(20)21/h2,4-5,12-13H,3,6-11H2,1H3,(H,20,21). The van der Waals surface area contributed by atoms with Gasteiger partial charge >= 0.3 is 5.97 Å². The topological polar surface area (TPSA) is 66.8 Å². The first-order valence-electron chi connectivity index (χ1n) is 7.72. The number of Topliss-reactive ketones (excluding diaryl/α,β-unsaturated/α-hetero) is 1. The van der Waals surface area contributed by atoms with Crippen molar-refractivity contribution in [2.45, 2.75) is 25.7 Å². The maximum absolute atomic E-state index is 12.1. The van der Waals surface area contributed by atoms with Crippen LogP contribution in [-0.4, -0.2) is 48.5 Å². The van der Waals surface area contributed by atoms with E-state index in [1.165, 1.54) is 0 Å². The molecule has 1 heterocycles. The third-order valence-corrected chi connectivity index (χ3v) is 4.21. The highest BCUT2D eigenvalue weighted by Crippen LogP contribution is 2.18. The lowest BCUT2D eigenvalue weighted by Crippen LogP contribution is -2.36. The molecule has 0 unspecified atom stereocenters. The second kappa shape index (κ2) is 7.94. The van der Waals surface area contributed by atoms with Crippen LogP contribution in [0.1, 0.15) is 36.0 Å². The van der Waals surface area contributed by atoms with Crippen molar-refractivity contribution in [2.75, 3.05) is 26.7 Å². The van der Waals surface area contributed by atoms with Crippen molar-refractivity contribution in [1.29, 1.82) is 0 Å². The molecule has 2 rings (SSSR count). The number of carboxylic acids is 1. The first-order valence-corrected chi connectivity index (χ1v) is 7.72. The molecule has 1 N–H and O–H groups in total. The molecule has 0 aliphatic carbocycles. The van der Waals surface area contributed by atoms with E-state index >= 15 is 0 Å². The van der Waals surface area contributed by atoms with E-state index < -0.39 is 5.97 Å². The van der Waals surface area contributed by atoms with E-state index in [9.17, 15) is 9.59 Å². The molecule has 22 heavy (non-hydrogen) atoms. The molecular weight excluding hydrogens is 282 g/mol. The Bertz CT molecular complexity index is 521. The molecule has 0 saturated carbocycles. The van der Waals surface area contributed by atoms with E-state index in [0.717, 1.165) is 26.1 Å².